The molecule has 0 bridgehead atoms. The lowest BCUT2D eigenvalue weighted by atomic mass is 10.1. The van der Waals surface area contributed by atoms with Crippen molar-refractivity contribution < 1.29 is 19.1 Å². The van der Waals surface area contributed by atoms with E-state index in [1.807, 2.05) is 24.3 Å². The van der Waals surface area contributed by atoms with Gasteiger partial charge in [0.25, 0.3) is 0 Å². The van der Waals surface area contributed by atoms with Gasteiger partial charge < -0.3 is 14.8 Å². The number of amides is 1. The van der Waals surface area contributed by atoms with Crippen LogP contribution >= 0.6 is 11.6 Å². The van der Waals surface area contributed by atoms with E-state index < -0.39 is 5.97 Å². The smallest absolute Gasteiger partial charge is 0.343 e. The van der Waals surface area contributed by atoms with Gasteiger partial charge in [0.15, 0.2) is 0 Å². The number of halogens is 1. The van der Waals surface area contributed by atoms with E-state index in [4.69, 9.17) is 21.1 Å². The highest BCUT2D eigenvalue weighted by Crippen LogP contribution is 2.28. The lowest BCUT2D eigenvalue weighted by molar-refractivity contribution is -0.120. The number of tetrazole rings is 1. The molecular formula is C22H19ClN6O4. The quantitative estimate of drug-likeness (QED) is 0.412. The van der Waals surface area contributed by atoms with Crippen LogP contribution < -0.4 is 10.1 Å². The van der Waals surface area contributed by atoms with Crippen molar-refractivity contribution >= 4 is 34.4 Å². The first-order chi connectivity index (χ1) is 16.0. The standard InChI is InChI=1S/C22H19ClN6O4/c1-32-21-18(22(31)33-2)10-14-8-16(23)9-15(20(14)26-21)11-24-19(30)7-13-3-5-17(6-4-13)29-12-25-27-28-29/h3-6,8-10,12H,7,11H2,1-2H3,(H,24,30). The summed E-state index contributed by atoms with van der Waals surface area (Å²) >= 11 is 6.26. The van der Waals surface area contributed by atoms with Gasteiger partial charge in [-0.15, -0.1) is 5.10 Å². The molecule has 11 heteroatoms. The van der Waals surface area contributed by atoms with Gasteiger partial charge in [-0.05, 0) is 51.9 Å². The molecular weight excluding hydrogens is 448 g/mol. The number of methoxy groups -OCH3 is 2. The number of hydrogen-bond donors (Lipinski definition) is 1. The van der Waals surface area contributed by atoms with Crippen LogP contribution in [0.5, 0.6) is 5.88 Å². The highest BCUT2D eigenvalue weighted by atomic mass is 35.5. The number of nitrogens with one attached hydrogen (secondary N) is 1. The maximum Gasteiger partial charge on any atom is 0.343 e. The monoisotopic (exact) mass is 466 g/mol. The second-order valence-electron chi connectivity index (χ2n) is 7.05. The molecule has 10 nitrogen and oxygen atoms in total. The van der Waals surface area contributed by atoms with Crippen molar-refractivity contribution in [1.82, 2.24) is 30.5 Å². The molecule has 2 aromatic heterocycles. The number of pyridine rings is 1. The number of fused-ring (bicyclic) bond motifs is 1. The maximum atomic E-state index is 12.5. The van der Waals surface area contributed by atoms with E-state index in [-0.39, 0.29) is 30.3 Å². The summed E-state index contributed by atoms with van der Waals surface area (Å²) in [5, 5.41) is 15.0. The van der Waals surface area contributed by atoms with Crippen LogP contribution in [0.1, 0.15) is 21.5 Å². The number of carbonyl (C=O) groups excluding carboxylic acids is 2. The predicted octanol–water partition coefficient (Wildman–Crippen LogP) is 2.52. The zero-order chi connectivity index (χ0) is 23.4. The molecule has 4 aromatic rings. The first kappa shape index (κ1) is 22.2. The molecule has 0 radical (unpaired) electrons. The van der Waals surface area contributed by atoms with Crippen molar-refractivity contribution in [3.05, 3.63) is 70.5 Å². The van der Waals surface area contributed by atoms with Gasteiger partial charge in [0, 0.05) is 17.0 Å². The number of benzene rings is 2. The molecule has 0 atom stereocenters. The molecule has 0 spiro atoms. The van der Waals surface area contributed by atoms with Gasteiger partial charge in [0.2, 0.25) is 11.8 Å². The third kappa shape index (κ3) is 4.90. The fraction of sp³-hybridized carbons (Fsp3) is 0.182. The van der Waals surface area contributed by atoms with Crippen LogP contribution in [0.25, 0.3) is 16.6 Å². The molecule has 4 rings (SSSR count). The maximum absolute atomic E-state index is 12.5. The second kappa shape index (κ2) is 9.61. The molecule has 1 amide bonds. The Morgan fingerprint density at radius 3 is 2.58 bits per heavy atom. The molecule has 0 saturated carbocycles. The van der Waals surface area contributed by atoms with Crippen molar-refractivity contribution in [2.75, 3.05) is 14.2 Å². The lowest BCUT2D eigenvalue weighted by Crippen LogP contribution is -2.24. The van der Waals surface area contributed by atoms with Gasteiger partial charge in [-0.25, -0.2) is 14.5 Å². The number of hydrogen-bond acceptors (Lipinski definition) is 8. The second-order valence-corrected chi connectivity index (χ2v) is 7.48. The molecule has 0 aliphatic carbocycles. The summed E-state index contributed by atoms with van der Waals surface area (Å²) in [4.78, 5) is 29.0. The Morgan fingerprint density at radius 2 is 1.91 bits per heavy atom. The summed E-state index contributed by atoms with van der Waals surface area (Å²) in [6, 6.07) is 12.4. The minimum atomic E-state index is -0.567. The Morgan fingerprint density at radius 1 is 1.12 bits per heavy atom. The predicted molar refractivity (Wildman–Crippen MR) is 119 cm³/mol. The zero-order valence-corrected chi connectivity index (χ0v) is 18.5. The van der Waals surface area contributed by atoms with Crippen LogP contribution in [0.4, 0.5) is 0 Å². The molecule has 168 valence electrons. The summed E-state index contributed by atoms with van der Waals surface area (Å²) in [7, 11) is 2.70. The molecule has 2 aromatic carbocycles. The van der Waals surface area contributed by atoms with Gasteiger partial charge in [0.05, 0.1) is 31.8 Å². The number of carbonyl (C=O) groups is 2. The molecule has 0 aliphatic heterocycles. The van der Waals surface area contributed by atoms with Crippen LogP contribution in [-0.4, -0.2) is 51.3 Å². The number of rotatable bonds is 7. The third-order valence-corrected chi connectivity index (χ3v) is 5.13. The van der Waals surface area contributed by atoms with Crippen LogP contribution in [0, 0.1) is 0 Å². The average molecular weight is 467 g/mol. The summed E-state index contributed by atoms with van der Waals surface area (Å²) in [6.45, 7) is 0.201. The first-order valence-electron chi connectivity index (χ1n) is 9.83. The van der Waals surface area contributed by atoms with Crippen molar-refractivity contribution in [3.8, 4) is 11.6 Å². The minimum absolute atomic E-state index is 0.131. The van der Waals surface area contributed by atoms with Crippen LogP contribution in [-0.2, 0) is 22.5 Å². The molecule has 0 aliphatic rings. The summed E-state index contributed by atoms with van der Waals surface area (Å²) in [6.07, 6.45) is 1.69. The lowest BCUT2D eigenvalue weighted by Gasteiger charge is -2.12. The average Bonchev–Trinajstić information content (AvgIpc) is 3.36. The van der Waals surface area contributed by atoms with Crippen molar-refractivity contribution in [1.29, 1.82) is 0 Å². The molecule has 2 heterocycles. The highest BCUT2D eigenvalue weighted by molar-refractivity contribution is 6.31. The molecule has 1 N–H and O–H groups in total. The third-order valence-electron chi connectivity index (χ3n) is 4.92. The number of aromatic nitrogens is 5. The number of esters is 1. The molecule has 0 fully saturated rings. The van der Waals surface area contributed by atoms with Crippen molar-refractivity contribution in [3.63, 3.8) is 0 Å². The van der Waals surface area contributed by atoms with E-state index in [9.17, 15) is 9.59 Å². The molecule has 33 heavy (non-hydrogen) atoms. The first-order valence-corrected chi connectivity index (χ1v) is 10.2. The van der Waals surface area contributed by atoms with Crippen LogP contribution in [0.2, 0.25) is 5.02 Å². The fourth-order valence-corrected chi connectivity index (χ4v) is 3.59. The van der Waals surface area contributed by atoms with Gasteiger partial charge >= 0.3 is 5.97 Å². The Kier molecular flexibility index (Phi) is 6.45. The van der Waals surface area contributed by atoms with E-state index in [2.05, 4.69) is 25.8 Å². The summed E-state index contributed by atoms with van der Waals surface area (Å²) < 4.78 is 11.6. The summed E-state index contributed by atoms with van der Waals surface area (Å²) in [5.41, 5.74) is 3.07. The largest absolute Gasteiger partial charge is 0.480 e. The number of nitrogens with zero attached hydrogens (tertiary/aromatic N) is 5. The van der Waals surface area contributed by atoms with Gasteiger partial charge in [-0.1, -0.05) is 23.7 Å². The SMILES string of the molecule is COC(=O)c1cc2cc(Cl)cc(CNC(=O)Cc3ccc(-n4cnnn4)cc3)c2nc1OC. The van der Waals surface area contributed by atoms with E-state index in [0.29, 0.717) is 21.5 Å². The van der Waals surface area contributed by atoms with Gasteiger partial charge in [-0.2, -0.15) is 0 Å². The van der Waals surface area contributed by atoms with E-state index in [1.165, 1.54) is 25.2 Å². The number of ether oxygens (including phenoxy) is 2. The molecule has 0 unspecified atom stereocenters. The van der Waals surface area contributed by atoms with Crippen LogP contribution in [0.15, 0.2) is 48.8 Å². The fourth-order valence-electron chi connectivity index (χ4n) is 3.34. The van der Waals surface area contributed by atoms with E-state index in [1.54, 1.807) is 18.2 Å². The minimum Gasteiger partial charge on any atom is -0.480 e. The topological polar surface area (TPSA) is 121 Å². The molecule has 0 saturated heterocycles. The van der Waals surface area contributed by atoms with E-state index >= 15 is 0 Å². The van der Waals surface area contributed by atoms with Gasteiger partial charge in [0.1, 0.15) is 11.9 Å². The summed E-state index contributed by atoms with van der Waals surface area (Å²) in [5.74, 6) is -0.606. The Hall–Kier alpha value is -4.05. The highest BCUT2D eigenvalue weighted by Gasteiger charge is 2.18. The van der Waals surface area contributed by atoms with Gasteiger partial charge in [-0.3, -0.25) is 4.79 Å². The Bertz CT molecular complexity index is 1310. The van der Waals surface area contributed by atoms with Crippen LogP contribution in [0.3, 0.4) is 0 Å². The van der Waals surface area contributed by atoms with Crippen molar-refractivity contribution in [2.24, 2.45) is 0 Å². The Labute approximate surface area is 193 Å². The van der Waals surface area contributed by atoms with Crippen molar-refractivity contribution in [2.45, 2.75) is 13.0 Å². The normalized spacial score (nSPS) is 10.8. The Balaban J connectivity index is 1.50. The zero-order valence-electron chi connectivity index (χ0n) is 17.8. The van der Waals surface area contributed by atoms with E-state index in [0.717, 1.165) is 11.3 Å².